The topological polar surface area (TPSA) is 104 Å². The van der Waals surface area contributed by atoms with E-state index in [1.807, 2.05) is 51.1 Å². The molecule has 154 valence electrons. The largest absolute Gasteiger partial charge is 0.392 e. The predicted octanol–water partition coefficient (Wildman–Crippen LogP) is 4.19. The number of benzene rings is 1. The van der Waals surface area contributed by atoms with Crippen LogP contribution in [0.4, 0.5) is 5.82 Å². The van der Waals surface area contributed by atoms with Crippen molar-refractivity contribution in [1.82, 2.24) is 15.1 Å². The number of hydrogen-bond acceptors (Lipinski definition) is 5. The molecule has 0 radical (unpaired) electrons. The van der Waals surface area contributed by atoms with Crippen LogP contribution in [0.15, 0.2) is 53.3 Å². The zero-order valence-corrected chi connectivity index (χ0v) is 17.2. The van der Waals surface area contributed by atoms with E-state index in [-0.39, 0.29) is 24.3 Å². The van der Waals surface area contributed by atoms with Crippen LogP contribution >= 0.6 is 0 Å². The number of aliphatic hydroxyl groups is 1. The highest BCUT2D eigenvalue weighted by Crippen LogP contribution is 2.26. The molecule has 4 aromatic rings. The van der Waals surface area contributed by atoms with Gasteiger partial charge in [-0.05, 0) is 17.2 Å². The van der Waals surface area contributed by atoms with Crippen molar-refractivity contribution in [2.75, 3.05) is 5.32 Å². The van der Waals surface area contributed by atoms with E-state index in [1.54, 1.807) is 18.5 Å². The van der Waals surface area contributed by atoms with Gasteiger partial charge in [0.1, 0.15) is 11.4 Å². The van der Waals surface area contributed by atoms with Crippen LogP contribution in [0, 0.1) is 0 Å². The summed E-state index contributed by atoms with van der Waals surface area (Å²) in [4.78, 5) is 19.8. The van der Waals surface area contributed by atoms with Crippen molar-refractivity contribution in [1.29, 1.82) is 0 Å². The first kappa shape index (κ1) is 19.8. The van der Waals surface area contributed by atoms with E-state index in [9.17, 15) is 9.90 Å². The summed E-state index contributed by atoms with van der Waals surface area (Å²) in [6.07, 6.45) is 3.79. The highest BCUT2D eigenvalue weighted by atomic mass is 16.5. The number of nitrogens with zero attached hydrogens (tertiary/aromatic N) is 2. The highest BCUT2D eigenvalue weighted by Gasteiger charge is 2.20. The summed E-state index contributed by atoms with van der Waals surface area (Å²) >= 11 is 0. The Balaban J connectivity index is 1.44. The molecule has 3 heterocycles. The van der Waals surface area contributed by atoms with E-state index < -0.39 is 0 Å². The summed E-state index contributed by atoms with van der Waals surface area (Å²) in [7, 11) is 0. The number of nitrogens with one attached hydrogen (secondary N) is 2. The van der Waals surface area contributed by atoms with Crippen molar-refractivity contribution in [3.8, 4) is 11.1 Å². The monoisotopic (exact) mass is 404 g/mol. The smallest absolute Gasteiger partial charge is 0.230 e. The van der Waals surface area contributed by atoms with Gasteiger partial charge in [-0.1, -0.05) is 50.2 Å². The minimum atomic E-state index is -0.165. The zero-order valence-electron chi connectivity index (χ0n) is 17.2. The van der Waals surface area contributed by atoms with Crippen molar-refractivity contribution in [3.05, 3.63) is 65.7 Å². The molecule has 3 aromatic heterocycles. The molecular weight excluding hydrogens is 380 g/mol. The van der Waals surface area contributed by atoms with Crippen LogP contribution in [0.1, 0.15) is 37.7 Å². The van der Waals surface area contributed by atoms with Crippen LogP contribution < -0.4 is 5.32 Å². The average Bonchev–Trinajstić information content (AvgIpc) is 3.34. The number of fused-ring (bicyclic) bond motifs is 1. The number of carbonyl (C=O) groups is 1. The van der Waals surface area contributed by atoms with Gasteiger partial charge in [-0.3, -0.25) is 4.79 Å². The number of pyridine rings is 1. The van der Waals surface area contributed by atoms with E-state index in [2.05, 4.69) is 20.4 Å². The van der Waals surface area contributed by atoms with Crippen molar-refractivity contribution in [3.63, 3.8) is 0 Å². The van der Waals surface area contributed by atoms with Crippen LogP contribution in [-0.4, -0.2) is 26.1 Å². The van der Waals surface area contributed by atoms with Gasteiger partial charge in [0.05, 0.1) is 13.0 Å². The van der Waals surface area contributed by atoms with Gasteiger partial charge in [-0.15, -0.1) is 0 Å². The predicted molar refractivity (Wildman–Crippen MR) is 115 cm³/mol. The zero-order chi connectivity index (χ0) is 21.3. The van der Waals surface area contributed by atoms with Crippen molar-refractivity contribution in [2.24, 2.45) is 0 Å². The first-order valence-corrected chi connectivity index (χ1v) is 9.77. The summed E-state index contributed by atoms with van der Waals surface area (Å²) in [5.74, 6) is 0.992. The molecule has 7 heteroatoms. The molecule has 0 spiro atoms. The second-order valence-electron chi connectivity index (χ2n) is 8.34. The number of carbonyl (C=O) groups excluding carboxylic acids is 1. The molecule has 0 aliphatic rings. The molecule has 1 amide bonds. The molecule has 4 rings (SSSR count). The van der Waals surface area contributed by atoms with Crippen LogP contribution in [0.2, 0.25) is 0 Å². The minimum absolute atomic E-state index is 0.0397. The molecule has 0 aliphatic carbocycles. The van der Waals surface area contributed by atoms with Crippen LogP contribution in [0.3, 0.4) is 0 Å². The Morgan fingerprint density at radius 1 is 1.17 bits per heavy atom. The third-order valence-electron chi connectivity index (χ3n) is 4.96. The molecule has 0 saturated heterocycles. The Bertz CT molecular complexity index is 1180. The second kappa shape index (κ2) is 7.76. The van der Waals surface area contributed by atoms with Gasteiger partial charge >= 0.3 is 0 Å². The number of aromatic amines is 1. The Morgan fingerprint density at radius 2 is 1.93 bits per heavy atom. The van der Waals surface area contributed by atoms with Gasteiger partial charge in [-0.2, -0.15) is 0 Å². The maximum atomic E-state index is 12.4. The molecule has 1 aromatic carbocycles. The van der Waals surface area contributed by atoms with E-state index in [4.69, 9.17) is 4.52 Å². The molecule has 0 saturated carbocycles. The Morgan fingerprint density at radius 3 is 2.60 bits per heavy atom. The van der Waals surface area contributed by atoms with E-state index in [1.165, 1.54) is 0 Å². The van der Waals surface area contributed by atoms with Crippen molar-refractivity contribution in [2.45, 2.75) is 39.2 Å². The maximum absolute atomic E-state index is 12.4. The van der Waals surface area contributed by atoms with Crippen molar-refractivity contribution >= 4 is 22.8 Å². The van der Waals surface area contributed by atoms with Gasteiger partial charge in [-0.25, -0.2) is 4.98 Å². The third kappa shape index (κ3) is 4.11. The molecule has 0 bridgehead atoms. The Hall–Kier alpha value is -3.45. The number of aliphatic hydroxyl groups excluding tert-OH is 1. The number of aromatic nitrogens is 3. The van der Waals surface area contributed by atoms with Gasteiger partial charge in [0.15, 0.2) is 5.82 Å². The SMILES string of the molecule is CC(C)(C)c1cc(NC(=O)Cc2ccc(-c3cnc4[nH]cc(CO)c4c3)cc2)no1. The van der Waals surface area contributed by atoms with Gasteiger partial charge in [0, 0.05) is 40.4 Å². The Kier molecular flexibility index (Phi) is 5.13. The molecule has 0 aliphatic heterocycles. The quantitative estimate of drug-likeness (QED) is 0.463. The summed E-state index contributed by atoms with van der Waals surface area (Å²) in [5, 5.41) is 17.1. The fraction of sp³-hybridized carbons (Fsp3) is 0.261. The Labute approximate surface area is 174 Å². The lowest BCUT2D eigenvalue weighted by atomic mass is 9.93. The fourth-order valence-corrected chi connectivity index (χ4v) is 3.22. The van der Waals surface area contributed by atoms with Gasteiger partial charge in [0.25, 0.3) is 0 Å². The van der Waals surface area contributed by atoms with E-state index in [0.29, 0.717) is 5.82 Å². The highest BCUT2D eigenvalue weighted by molar-refractivity contribution is 5.91. The first-order chi connectivity index (χ1) is 14.3. The van der Waals surface area contributed by atoms with E-state index in [0.717, 1.165) is 39.0 Å². The van der Waals surface area contributed by atoms with Gasteiger partial charge in [0.2, 0.25) is 5.91 Å². The third-order valence-corrected chi connectivity index (χ3v) is 4.96. The minimum Gasteiger partial charge on any atom is -0.392 e. The lowest BCUT2D eigenvalue weighted by Crippen LogP contribution is -2.14. The van der Waals surface area contributed by atoms with Gasteiger partial charge < -0.3 is 19.9 Å². The number of anilines is 1. The lowest BCUT2D eigenvalue weighted by molar-refractivity contribution is -0.115. The average molecular weight is 404 g/mol. The molecule has 3 N–H and O–H groups in total. The molecule has 0 atom stereocenters. The molecular formula is C23H24N4O3. The summed E-state index contributed by atoms with van der Waals surface area (Å²) < 4.78 is 5.30. The number of H-pyrrole nitrogens is 1. The lowest BCUT2D eigenvalue weighted by Gasteiger charge is -2.12. The van der Waals surface area contributed by atoms with Crippen molar-refractivity contribution < 1.29 is 14.4 Å². The van der Waals surface area contributed by atoms with Crippen LogP contribution in [0.25, 0.3) is 22.2 Å². The van der Waals surface area contributed by atoms with Crippen LogP contribution in [0.5, 0.6) is 0 Å². The standard InChI is InChI=1S/C23H24N4O3/c1-23(2,3)19-10-20(27-30-19)26-21(29)8-14-4-6-15(7-5-14)16-9-18-17(13-28)12-25-22(18)24-11-16/h4-7,9-12,28H,8,13H2,1-3H3,(H,24,25)(H,26,27,29). The summed E-state index contributed by atoms with van der Waals surface area (Å²) in [6.45, 7) is 6.03. The fourth-order valence-electron chi connectivity index (χ4n) is 3.22. The normalized spacial score (nSPS) is 11.7. The number of hydrogen-bond donors (Lipinski definition) is 3. The molecule has 30 heavy (non-hydrogen) atoms. The second-order valence-corrected chi connectivity index (χ2v) is 8.34. The van der Waals surface area contributed by atoms with E-state index >= 15 is 0 Å². The molecule has 0 fully saturated rings. The number of rotatable bonds is 5. The molecule has 7 nitrogen and oxygen atoms in total. The summed E-state index contributed by atoms with van der Waals surface area (Å²) in [6, 6.07) is 11.5. The molecule has 0 unspecified atom stereocenters. The summed E-state index contributed by atoms with van der Waals surface area (Å²) in [5.41, 5.74) is 4.23. The number of amides is 1. The van der Waals surface area contributed by atoms with Crippen LogP contribution in [-0.2, 0) is 23.2 Å². The first-order valence-electron chi connectivity index (χ1n) is 9.77. The maximum Gasteiger partial charge on any atom is 0.230 e.